The highest BCUT2D eigenvalue weighted by Crippen LogP contribution is 2.26. The van der Waals surface area contributed by atoms with Gasteiger partial charge in [-0.1, -0.05) is 64.8 Å². The number of halogens is 2. The third kappa shape index (κ3) is 5.02. The van der Waals surface area contributed by atoms with E-state index in [9.17, 15) is 4.79 Å². The lowest BCUT2D eigenvalue weighted by Gasteiger charge is -2.08. The highest BCUT2D eigenvalue weighted by atomic mass is 35.5. The van der Waals surface area contributed by atoms with Gasteiger partial charge in [-0.2, -0.15) is 0 Å². The summed E-state index contributed by atoms with van der Waals surface area (Å²) in [6.07, 6.45) is 4.83. The number of hydrogen-bond acceptors (Lipinski definition) is 4. The van der Waals surface area contributed by atoms with Gasteiger partial charge in [0, 0.05) is 15.6 Å². The zero-order valence-corrected chi connectivity index (χ0v) is 17.8. The minimum Gasteiger partial charge on any atom is -0.486 e. The number of nitrogens with zero attached hydrogens (tertiary/aromatic N) is 3. The van der Waals surface area contributed by atoms with Crippen LogP contribution < -0.4 is 4.74 Å². The van der Waals surface area contributed by atoms with E-state index in [-0.39, 0.29) is 12.4 Å². The Bertz CT molecular complexity index is 1220. The highest BCUT2D eigenvalue weighted by Gasteiger charge is 2.12. The third-order valence-corrected chi connectivity index (χ3v) is 5.15. The number of ketones is 1. The molecular weight excluding hydrogens is 433 g/mol. The van der Waals surface area contributed by atoms with Crippen molar-refractivity contribution < 1.29 is 9.53 Å². The van der Waals surface area contributed by atoms with Crippen LogP contribution in [0.5, 0.6) is 5.75 Å². The van der Waals surface area contributed by atoms with Gasteiger partial charge >= 0.3 is 0 Å². The largest absolute Gasteiger partial charge is 0.486 e. The summed E-state index contributed by atoms with van der Waals surface area (Å²) in [5.41, 5.74) is 2.57. The molecule has 0 aliphatic rings. The molecule has 0 N–H and O–H groups in total. The quantitative estimate of drug-likeness (QED) is 0.254. The molecule has 1 aromatic heterocycles. The summed E-state index contributed by atoms with van der Waals surface area (Å²) in [6.45, 7) is 0.178. The minimum absolute atomic E-state index is 0.178. The maximum Gasteiger partial charge on any atom is 0.189 e. The Kier molecular flexibility index (Phi) is 6.46. The molecule has 154 valence electrons. The first-order valence-electron chi connectivity index (χ1n) is 9.47. The minimum atomic E-state index is -0.223. The fourth-order valence-electron chi connectivity index (χ4n) is 2.94. The summed E-state index contributed by atoms with van der Waals surface area (Å²) < 4.78 is 7.54. The van der Waals surface area contributed by atoms with Crippen LogP contribution in [0, 0.1) is 0 Å². The molecule has 5 nitrogen and oxygen atoms in total. The van der Waals surface area contributed by atoms with Crippen molar-refractivity contribution in [1.82, 2.24) is 15.0 Å². The van der Waals surface area contributed by atoms with Gasteiger partial charge in [0.25, 0.3) is 0 Å². The Morgan fingerprint density at radius 3 is 2.42 bits per heavy atom. The van der Waals surface area contributed by atoms with Gasteiger partial charge in [0.1, 0.15) is 18.1 Å². The maximum atomic E-state index is 12.8. The molecule has 0 amide bonds. The average molecular weight is 450 g/mol. The summed E-state index contributed by atoms with van der Waals surface area (Å²) in [7, 11) is 0. The Labute approximate surface area is 189 Å². The number of hydrogen-bond donors (Lipinski definition) is 0. The second-order valence-corrected chi connectivity index (χ2v) is 7.42. The van der Waals surface area contributed by atoms with E-state index in [1.165, 1.54) is 6.08 Å². The van der Waals surface area contributed by atoms with Gasteiger partial charge in [-0.3, -0.25) is 4.79 Å². The van der Waals surface area contributed by atoms with Gasteiger partial charge < -0.3 is 4.74 Å². The number of carbonyl (C=O) groups excluding carboxylic acids is 1. The molecule has 0 radical (unpaired) electrons. The van der Waals surface area contributed by atoms with Crippen molar-refractivity contribution in [3.8, 4) is 11.4 Å². The molecule has 31 heavy (non-hydrogen) atoms. The van der Waals surface area contributed by atoms with E-state index in [2.05, 4.69) is 10.3 Å². The van der Waals surface area contributed by atoms with Crippen molar-refractivity contribution in [2.75, 3.05) is 0 Å². The number of ether oxygens (including phenoxy) is 1. The van der Waals surface area contributed by atoms with Gasteiger partial charge in [0.2, 0.25) is 0 Å². The normalized spacial score (nSPS) is 11.0. The summed E-state index contributed by atoms with van der Waals surface area (Å²) in [5.74, 6) is 0.233. The highest BCUT2D eigenvalue weighted by molar-refractivity contribution is 6.37. The molecule has 4 rings (SSSR count). The molecular formula is C24H17Cl2N3O2. The van der Waals surface area contributed by atoms with E-state index in [4.69, 9.17) is 27.9 Å². The van der Waals surface area contributed by atoms with E-state index in [0.717, 1.165) is 5.69 Å². The summed E-state index contributed by atoms with van der Waals surface area (Å²) in [5, 5.41) is 9.21. The average Bonchev–Trinajstić information content (AvgIpc) is 3.27. The van der Waals surface area contributed by atoms with Crippen LogP contribution in [0.1, 0.15) is 21.6 Å². The van der Waals surface area contributed by atoms with Gasteiger partial charge in [0.05, 0.1) is 17.4 Å². The van der Waals surface area contributed by atoms with Gasteiger partial charge in [-0.25, -0.2) is 4.68 Å². The molecule has 0 aliphatic carbocycles. The second-order valence-electron chi connectivity index (χ2n) is 6.61. The molecule has 0 saturated carbocycles. The topological polar surface area (TPSA) is 57.0 Å². The van der Waals surface area contributed by atoms with Crippen molar-refractivity contribution >= 4 is 35.1 Å². The van der Waals surface area contributed by atoms with E-state index in [1.807, 2.05) is 36.4 Å². The van der Waals surface area contributed by atoms with Crippen LogP contribution in [-0.4, -0.2) is 20.8 Å². The first-order valence-corrected chi connectivity index (χ1v) is 10.2. The molecule has 0 unspecified atom stereocenters. The third-order valence-electron chi connectivity index (χ3n) is 4.49. The zero-order chi connectivity index (χ0) is 21.6. The number of allylic oxidation sites excluding steroid dienone is 1. The van der Waals surface area contributed by atoms with Crippen molar-refractivity contribution in [2.45, 2.75) is 6.61 Å². The maximum absolute atomic E-state index is 12.8. The number of para-hydroxylation sites is 2. The molecule has 0 saturated heterocycles. The standard InChI is InChI=1S/C24H17Cl2N3O2/c25-21-10-6-11-22(26)19(21)13-14-23(30)20-9-4-5-12-24(20)31-16-17-15-29(28-27-17)18-7-2-1-3-8-18/h1-15H,16H2/b14-13+. The van der Waals surface area contributed by atoms with Crippen LogP contribution in [0.4, 0.5) is 0 Å². The SMILES string of the molecule is O=C(/C=C/c1c(Cl)cccc1Cl)c1ccccc1OCc1cn(-c2ccccc2)nn1. The Balaban J connectivity index is 1.48. The summed E-state index contributed by atoms with van der Waals surface area (Å²) in [6, 6.07) is 21.9. The van der Waals surface area contributed by atoms with Crippen molar-refractivity contribution in [2.24, 2.45) is 0 Å². The smallest absolute Gasteiger partial charge is 0.189 e. The fourth-order valence-corrected chi connectivity index (χ4v) is 3.46. The molecule has 0 atom stereocenters. The van der Waals surface area contributed by atoms with Crippen LogP contribution in [0.25, 0.3) is 11.8 Å². The van der Waals surface area contributed by atoms with E-state index < -0.39 is 0 Å². The number of aromatic nitrogens is 3. The number of carbonyl (C=O) groups is 1. The van der Waals surface area contributed by atoms with Crippen molar-refractivity contribution in [3.05, 3.63) is 112 Å². The van der Waals surface area contributed by atoms with Crippen molar-refractivity contribution in [1.29, 1.82) is 0 Å². The monoisotopic (exact) mass is 449 g/mol. The van der Waals surface area contributed by atoms with Crippen LogP contribution in [0.3, 0.4) is 0 Å². The predicted octanol–water partition coefficient (Wildman–Crippen LogP) is 6.05. The first kappa shape index (κ1) is 20.8. The fraction of sp³-hybridized carbons (Fsp3) is 0.0417. The summed E-state index contributed by atoms with van der Waals surface area (Å²) in [4.78, 5) is 12.8. The Morgan fingerprint density at radius 1 is 0.935 bits per heavy atom. The molecule has 0 bridgehead atoms. The van der Waals surface area contributed by atoms with Crippen LogP contribution in [0.15, 0.2) is 85.1 Å². The van der Waals surface area contributed by atoms with E-state index in [0.29, 0.717) is 32.6 Å². The van der Waals surface area contributed by atoms with Gasteiger partial charge in [-0.15, -0.1) is 5.10 Å². The van der Waals surface area contributed by atoms with Crippen LogP contribution >= 0.6 is 23.2 Å². The molecule has 3 aromatic carbocycles. The molecule has 1 heterocycles. The molecule has 0 spiro atoms. The number of benzene rings is 3. The van der Waals surface area contributed by atoms with Gasteiger partial charge in [0.15, 0.2) is 5.78 Å². The van der Waals surface area contributed by atoms with Crippen LogP contribution in [0.2, 0.25) is 10.0 Å². The van der Waals surface area contributed by atoms with Crippen LogP contribution in [-0.2, 0) is 6.61 Å². The number of rotatable bonds is 7. The molecule has 0 fully saturated rings. The Hall–Kier alpha value is -3.41. The van der Waals surface area contributed by atoms with E-state index >= 15 is 0 Å². The van der Waals surface area contributed by atoms with E-state index in [1.54, 1.807) is 53.4 Å². The lowest BCUT2D eigenvalue weighted by Crippen LogP contribution is -2.02. The Morgan fingerprint density at radius 2 is 1.65 bits per heavy atom. The lowest BCUT2D eigenvalue weighted by molar-refractivity contribution is 0.104. The van der Waals surface area contributed by atoms with Gasteiger partial charge in [-0.05, 0) is 48.6 Å². The molecule has 0 aliphatic heterocycles. The van der Waals surface area contributed by atoms with Crippen molar-refractivity contribution in [3.63, 3.8) is 0 Å². The zero-order valence-electron chi connectivity index (χ0n) is 16.3. The second kappa shape index (κ2) is 9.60. The lowest BCUT2D eigenvalue weighted by atomic mass is 10.1. The molecule has 4 aromatic rings. The summed E-state index contributed by atoms with van der Waals surface area (Å²) >= 11 is 12.3. The predicted molar refractivity (Wildman–Crippen MR) is 122 cm³/mol. The first-order chi connectivity index (χ1) is 15.1. The molecule has 7 heteroatoms.